The molecular weight excluding hydrogens is 304 g/mol. The van der Waals surface area contributed by atoms with Gasteiger partial charge in [0.1, 0.15) is 5.75 Å². The highest BCUT2D eigenvalue weighted by atomic mass is 16.5. The molecule has 0 atom stereocenters. The Hall–Kier alpha value is -3.15. The second-order valence-corrected chi connectivity index (χ2v) is 5.59. The molecule has 2 aromatic heterocycles. The predicted molar refractivity (Wildman–Crippen MR) is 91.3 cm³/mol. The van der Waals surface area contributed by atoms with Crippen molar-refractivity contribution in [1.82, 2.24) is 14.8 Å². The van der Waals surface area contributed by atoms with Gasteiger partial charge in [-0.2, -0.15) is 0 Å². The second-order valence-electron chi connectivity index (χ2n) is 5.59. The van der Waals surface area contributed by atoms with E-state index in [0.717, 1.165) is 11.5 Å². The Morgan fingerprint density at radius 2 is 1.75 bits per heavy atom. The number of nitrogens with one attached hydrogen (secondary N) is 1. The molecule has 0 saturated heterocycles. The van der Waals surface area contributed by atoms with E-state index in [2.05, 4.69) is 15.5 Å². The number of hydrogen-bond acceptors (Lipinski definition) is 4. The zero-order chi connectivity index (χ0) is 16.9. The molecule has 0 fully saturated rings. The van der Waals surface area contributed by atoms with E-state index in [1.807, 2.05) is 49.0 Å². The van der Waals surface area contributed by atoms with Gasteiger partial charge in [-0.05, 0) is 42.5 Å². The Morgan fingerprint density at radius 3 is 2.33 bits per heavy atom. The maximum absolute atomic E-state index is 11.7. The molecule has 0 unspecified atom stereocenters. The summed E-state index contributed by atoms with van der Waals surface area (Å²) < 4.78 is 7.53. The van der Waals surface area contributed by atoms with Gasteiger partial charge in [0, 0.05) is 30.1 Å². The summed E-state index contributed by atoms with van der Waals surface area (Å²) in [6.07, 6.45) is 3.80. The summed E-state index contributed by atoms with van der Waals surface area (Å²) in [5.41, 5.74) is 0.732. The summed E-state index contributed by atoms with van der Waals surface area (Å²) in [6, 6.07) is 14.6. The lowest BCUT2D eigenvalue weighted by atomic mass is 10.2. The maximum Gasteiger partial charge on any atom is 0.238 e. The van der Waals surface area contributed by atoms with Gasteiger partial charge >= 0.3 is 0 Å². The smallest absolute Gasteiger partial charge is 0.238 e. The van der Waals surface area contributed by atoms with Crippen LogP contribution >= 0.6 is 0 Å². The third kappa shape index (κ3) is 3.78. The van der Waals surface area contributed by atoms with E-state index < -0.39 is 0 Å². The van der Waals surface area contributed by atoms with E-state index in [0.29, 0.717) is 11.6 Å². The van der Waals surface area contributed by atoms with E-state index in [1.165, 1.54) is 0 Å². The van der Waals surface area contributed by atoms with Crippen molar-refractivity contribution in [2.45, 2.75) is 13.8 Å². The number of amides is 1. The fourth-order valence-corrected chi connectivity index (χ4v) is 2.01. The summed E-state index contributed by atoms with van der Waals surface area (Å²) in [4.78, 5) is 11.7. The number of rotatable bonds is 5. The van der Waals surface area contributed by atoms with Gasteiger partial charge in [-0.15, -0.1) is 10.2 Å². The summed E-state index contributed by atoms with van der Waals surface area (Å²) in [5.74, 6) is 1.68. The average molecular weight is 322 g/mol. The Bertz CT molecular complexity index is 794. The van der Waals surface area contributed by atoms with Gasteiger partial charge in [0.25, 0.3) is 0 Å². The topological polar surface area (TPSA) is 69.0 Å². The molecule has 0 aliphatic carbocycles. The van der Waals surface area contributed by atoms with Crippen LogP contribution in [-0.4, -0.2) is 20.7 Å². The third-order valence-electron chi connectivity index (χ3n) is 3.36. The van der Waals surface area contributed by atoms with Crippen molar-refractivity contribution >= 4 is 11.6 Å². The number of carbonyl (C=O) groups excluding carboxylic acids is 1. The zero-order valence-corrected chi connectivity index (χ0v) is 13.5. The normalized spacial score (nSPS) is 10.6. The lowest BCUT2D eigenvalue weighted by Crippen LogP contribution is -2.17. The summed E-state index contributed by atoms with van der Waals surface area (Å²) >= 11 is 0. The summed E-state index contributed by atoms with van der Waals surface area (Å²) in [5, 5.41) is 11.0. The van der Waals surface area contributed by atoms with Crippen LogP contribution in [0, 0.1) is 5.92 Å². The molecule has 6 nitrogen and oxygen atoms in total. The van der Waals surface area contributed by atoms with E-state index in [9.17, 15) is 4.79 Å². The van der Waals surface area contributed by atoms with E-state index >= 15 is 0 Å². The third-order valence-corrected chi connectivity index (χ3v) is 3.36. The first-order chi connectivity index (χ1) is 11.6. The fraction of sp³-hybridized carbons (Fsp3) is 0.167. The number of aromatic nitrogens is 3. The first-order valence-electron chi connectivity index (χ1n) is 7.68. The Balaban J connectivity index is 1.64. The van der Waals surface area contributed by atoms with Crippen LogP contribution in [0.4, 0.5) is 5.69 Å². The molecule has 0 spiro atoms. The van der Waals surface area contributed by atoms with Crippen molar-refractivity contribution in [2.24, 2.45) is 5.92 Å². The SMILES string of the molecule is CC(C)C(=O)Nc1ccc(Oc2ccc(-n3cccc3)nn2)cc1. The second kappa shape index (κ2) is 6.95. The van der Waals surface area contributed by atoms with Gasteiger partial charge in [-0.3, -0.25) is 4.79 Å². The molecule has 0 bridgehead atoms. The zero-order valence-electron chi connectivity index (χ0n) is 13.5. The van der Waals surface area contributed by atoms with Crippen molar-refractivity contribution in [2.75, 3.05) is 5.32 Å². The van der Waals surface area contributed by atoms with Crippen molar-refractivity contribution in [3.8, 4) is 17.4 Å². The van der Waals surface area contributed by atoms with Crippen LogP contribution in [0.2, 0.25) is 0 Å². The van der Waals surface area contributed by atoms with Crippen LogP contribution in [0.25, 0.3) is 5.82 Å². The van der Waals surface area contributed by atoms with Crippen molar-refractivity contribution in [3.05, 3.63) is 60.9 Å². The molecule has 1 aromatic carbocycles. The first kappa shape index (κ1) is 15.7. The minimum atomic E-state index is -0.0602. The summed E-state index contributed by atoms with van der Waals surface area (Å²) in [6.45, 7) is 3.70. The lowest BCUT2D eigenvalue weighted by molar-refractivity contribution is -0.118. The minimum absolute atomic E-state index is 0.0184. The molecule has 0 radical (unpaired) electrons. The quantitative estimate of drug-likeness (QED) is 0.778. The van der Waals surface area contributed by atoms with Gasteiger partial charge < -0.3 is 14.6 Å². The lowest BCUT2D eigenvalue weighted by Gasteiger charge is -2.09. The van der Waals surface area contributed by atoms with Crippen LogP contribution in [-0.2, 0) is 4.79 Å². The van der Waals surface area contributed by atoms with Crippen molar-refractivity contribution in [1.29, 1.82) is 0 Å². The standard InChI is InChI=1S/C18H18N4O2/c1-13(2)18(23)19-14-5-7-15(8-6-14)24-17-10-9-16(20-21-17)22-11-3-4-12-22/h3-13H,1-2H3,(H,19,23). The monoisotopic (exact) mass is 322 g/mol. The van der Waals surface area contributed by atoms with Crippen molar-refractivity contribution < 1.29 is 9.53 Å². The number of anilines is 1. The van der Waals surface area contributed by atoms with E-state index in [4.69, 9.17) is 4.74 Å². The van der Waals surface area contributed by atoms with E-state index in [-0.39, 0.29) is 11.8 Å². The molecular formula is C18H18N4O2. The molecule has 1 amide bonds. The molecule has 3 aromatic rings. The highest BCUT2D eigenvalue weighted by Crippen LogP contribution is 2.21. The number of carbonyl (C=O) groups is 1. The number of nitrogens with zero attached hydrogens (tertiary/aromatic N) is 3. The number of hydrogen-bond donors (Lipinski definition) is 1. The number of benzene rings is 1. The Labute approximate surface area is 140 Å². The fourth-order valence-electron chi connectivity index (χ4n) is 2.01. The Kier molecular flexibility index (Phi) is 4.56. The van der Waals surface area contributed by atoms with Crippen molar-refractivity contribution in [3.63, 3.8) is 0 Å². The van der Waals surface area contributed by atoms with Gasteiger partial charge in [0.2, 0.25) is 11.8 Å². The highest BCUT2D eigenvalue weighted by Gasteiger charge is 2.07. The minimum Gasteiger partial charge on any atom is -0.438 e. The predicted octanol–water partition coefficient (Wildman–Crippen LogP) is 3.65. The van der Waals surface area contributed by atoms with Crippen LogP contribution in [0.15, 0.2) is 60.9 Å². The molecule has 122 valence electrons. The number of ether oxygens (including phenoxy) is 1. The molecule has 2 heterocycles. The van der Waals surface area contributed by atoms with Gasteiger partial charge in [0.05, 0.1) is 0 Å². The van der Waals surface area contributed by atoms with E-state index in [1.54, 1.807) is 30.3 Å². The molecule has 0 aliphatic rings. The Morgan fingerprint density at radius 1 is 1.04 bits per heavy atom. The van der Waals surface area contributed by atoms with Gasteiger partial charge in [0.15, 0.2) is 5.82 Å². The maximum atomic E-state index is 11.7. The largest absolute Gasteiger partial charge is 0.438 e. The van der Waals surface area contributed by atoms with Crippen LogP contribution < -0.4 is 10.1 Å². The van der Waals surface area contributed by atoms with Gasteiger partial charge in [-0.25, -0.2) is 0 Å². The van der Waals surface area contributed by atoms with Gasteiger partial charge in [-0.1, -0.05) is 13.8 Å². The van der Waals surface area contributed by atoms with Crippen LogP contribution in [0.1, 0.15) is 13.8 Å². The molecule has 6 heteroatoms. The average Bonchev–Trinajstić information content (AvgIpc) is 3.12. The van der Waals surface area contributed by atoms with Crippen LogP contribution in [0.5, 0.6) is 11.6 Å². The first-order valence-corrected chi connectivity index (χ1v) is 7.68. The molecule has 3 rings (SSSR count). The summed E-state index contributed by atoms with van der Waals surface area (Å²) in [7, 11) is 0. The molecule has 0 saturated carbocycles. The molecule has 1 N–H and O–H groups in total. The molecule has 24 heavy (non-hydrogen) atoms. The molecule has 0 aliphatic heterocycles. The highest BCUT2D eigenvalue weighted by molar-refractivity contribution is 5.92. The van der Waals surface area contributed by atoms with Crippen LogP contribution in [0.3, 0.4) is 0 Å².